The highest BCUT2D eigenvalue weighted by molar-refractivity contribution is 5.87. The van der Waals surface area contributed by atoms with Crippen LogP contribution in [0.15, 0.2) is 54.6 Å². The minimum atomic E-state index is -0.147. The SMILES string of the molecule is COc1cccc(C(c2ccc3c(C)c(C)[nH]c3c2)c2ccc3c(C)c(C)[nH]c3c2)c1O. The molecule has 0 fully saturated rings. The lowest BCUT2D eigenvalue weighted by Gasteiger charge is -2.21. The molecular formula is C28H28N2O2. The van der Waals surface area contributed by atoms with Gasteiger partial charge in [0.1, 0.15) is 0 Å². The van der Waals surface area contributed by atoms with Crippen molar-refractivity contribution in [1.82, 2.24) is 9.97 Å². The number of H-pyrrole nitrogens is 2. The molecule has 5 aromatic rings. The van der Waals surface area contributed by atoms with Crippen LogP contribution in [0.2, 0.25) is 0 Å². The van der Waals surface area contributed by atoms with E-state index >= 15 is 0 Å². The molecule has 0 unspecified atom stereocenters. The van der Waals surface area contributed by atoms with Gasteiger partial charge in [0.25, 0.3) is 0 Å². The first-order valence-electron chi connectivity index (χ1n) is 10.9. The van der Waals surface area contributed by atoms with Crippen LogP contribution in [0.1, 0.15) is 45.1 Å². The molecule has 0 amide bonds. The smallest absolute Gasteiger partial charge is 0.161 e. The molecule has 4 heteroatoms. The van der Waals surface area contributed by atoms with Crippen molar-refractivity contribution in [3.05, 3.63) is 93.8 Å². The molecule has 0 radical (unpaired) electrons. The first-order valence-corrected chi connectivity index (χ1v) is 10.9. The Morgan fingerprint density at radius 3 is 1.78 bits per heavy atom. The maximum Gasteiger partial charge on any atom is 0.161 e. The van der Waals surface area contributed by atoms with Gasteiger partial charge >= 0.3 is 0 Å². The number of hydrogen-bond acceptors (Lipinski definition) is 2. The van der Waals surface area contributed by atoms with Crippen molar-refractivity contribution >= 4 is 21.8 Å². The Morgan fingerprint density at radius 1 is 0.750 bits per heavy atom. The number of hydrogen-bond donors (Lipinski definition) is 3. The van der Waals surface area contributed by atoms with Crippen molar-refractivity contribution in [2.45, 2.75) is 33.6 Å². The fourth-order valence-electron chi connectivity index (χ4n) is 4.83. The Hall–Kier alpha value is -3.66. The predicted octanol–water partition coefficient (Wildman–Crippen LogP) is 6.78. The van der Waals surface area contributed by atoms with Crippen LogP contribution in [-0.4, -0.2) is 22.2 Å². The van der Waals surface area contributed by atoms with Gasteiger partial charge in [0.15, 0.2) is 11.5 Å². The van der Waals surface area contributed by atoms with Gasteiger partial charge in [0.2, 0.25) is 0 Å². The summed E-state index contributed by atoms with van der Waals surface area (Å²) in [6, 6.07) is 18.8. The summed E-state index contributed by atoms with van der Waals surface area (Å²) in [7, 11) is 1.58. The summed E-state index contributed by atoms with van der Waals surface area (Å²) < 4.78 is 5.42. The number of aromatic hydroxyl groups is 1. The maximum absolute atomic E-state index is 11.1. The summed E-state index contributed by atoms with van der Waals surface area (Å²) in [5, 5.41) is 13.5. The van der Waals surface area contributed by atoms with Gasteiger partial charge in [-0.25, -0.2) is 0 Å². The molecule has 0 aliphatic carbocycles. The molecule has 0 aliphatic heterocycles. The Kier molecular flexibility index (Phi) is 4.74. The molecule has 5 rings (SSSR count). The number of methoxy groups -OCH3 is 1. The molecule has 0 bridgehead atoms. The molecule has 2 heterocycles. The lowest BCUT2D eigenvalue weighted by atomic mass is 9.83. The fraction of sp³-hybridized carbons (Fsp3) is 0.214. The Bertz CT molecular complexity index is 1390. The monoisotopic (exact) mass is 424 g/mol. The second-order valence-electron chi connectivity index (χ2n) is 8.69. The molecule has 0 aliphatic rings. The lowest BCUT2D eigenvalue weighted by Crippen LogP contribution is -2.05. The highest BCUT2D eigenvalue weighted by Gasteiger charge is 2.23. The van der Waals surface area contributed by atoms with E-state index in [0.29, 0.717) is 5.75 Å². The van der Waals surface area contributed by atoms with Crippen LogP contribution in [0.5, 0.6) is 11.5 Å². The number of phenolic OH excluding ortho intramolecular Hbond substituents is 1. The van der Waals surface area contributed by atoms with E-state index in [1.165, 1.54) is 33.3 Å². The van der Waals surface area contributed by atoms with Gasteiger partial charge in [-0.3, -0.25) is 0 Å². The summed E-state index contributed by atoms with van der Waals surface area (Å²) in [6.45, 7) is 8.49. The number of aromatic nitrogens is 2. The predicted molar refractivity (Wildman–Crippen MR) is 131 cm³/mol. The van der Waals surface area contributed by atoms with E-state index in [2.05, 4.69) is 74.1 Å². The van der Waals surface area contributed by atoms with Gasteiger partial charge in [-0.05, 0) is 68.1 Å². The van der Waals surface area contributed by atoms with E-state index in [1.807, 2.05) is 12.1 Å². The zero-order chi connectivity index (χ0) is 22.6. The number of phenols is 1. The lowest BCUT2D eigenvalue weighted by molar-refractivity contribution is 0.370. The Morgan fingerprint density at radius 2 is 1.28 bits per heavy atom. The van der Waals surface area contributed by atoms with Crippen LogP contribution in [-0.2, 0) is 0 Å². The van der Waals surface area contributed by atoms with Crippen molar-refractivity contribution in [1.29, 1.82) is 0 Å². The van der Waals surface area contributed by atoms with Gasteiger partial charge in [-0.1, -0.05) is 36.4 Å². The van der Waals surface area contributed by atoms with Crippen molar-refractivity contribution in [3.63, 3.8) is 0 Å². The third-order valence-corrected chi connectivity index (χ3v) is 6.89. The first kappa shape index (κ1) is 20.3. The standard InChI is InChI=1S/C28H28N2O2/c1-15-17(3)29-24-13-19(9-11-21(15)24)27(23-7-6-8-26(32-5)28(23)31)20-10-12-22-16(2)18(4)30-25(22)14-20/h6-14,27,29-31H,1-5H3. The van der Waals surface area contributed by atoms with Crippen LogP contribution in [0.3, 0.4) is 0 Å². The highest BCUT2D eigenvalue weighted by atomic mass is 16.5. The van der Waals surface area contributed by atoms with Crippen LogP contribution in [0.25, 0.3) is 21.8 Å². The zero-order valence-electron chi connectivity index (χ0n) is 19.1. The van der Waals surface area contributed by atoms with E-state index in [4.69, 9.17) is 4.74 Å². The summed E-state index contributed by atoms with van der Waals surface area (Å²) >= 11 is 0. The number of rotatable bonds is 4. The molecule has 3 N–H and O–H groups in total. The van der Waals surface area contributed by atoms with E-state index in [1.54, 1.807) is 13.2 Å². The number of para-hydroxylation sites is 1. The molecule has 0 atom stereocenters. The molecule has 0 saturated carbocycles. The van der Waals surface area contributed by atoms with Crippen molar-refractivity contribution < 1.29 is 9.84 Å². The van der Waals surface area contributed by atoms with Crippen LogP contribution in [0, 0.1) is 27.7 Å². The number of nitrogens with one attached hydrogen (secondary N) is 2. The van der Waals surface area contributed by atoms with E-state index in [-0.39, 0.29) is 11.7 Å². The second-order valence-corrected chi connectivity index (χ2v) is 8.69. The van der Waals surface area contributed by atoms with E-state index < -0.39 is 0 Å². The minimum Gasteiger partial charge on any atom is -0.504 e. The summed E-state index contributed by atoms with van der Waals surface area (Å²) in [4.78, 5) is 7.02. The van der Waals surface area contributed by atoms with Crippen molar-refractivity contribution in [2.24, 2.45) is 0 Å². The summed E-state index contributed by atoms with van der Waals surface area (Å²) in [5.41, 5.74) is 10.2. The molecule has 32 heavy (non-hydrogen) atoms. The first-order chi connectivity index (χ1) is 15.4. The highest BCUT2D eigenvalue weighted by Crippen LogP contribution is 2.42. The van der Waals surface area contributed by atoms with Crippen molar-refractivity contribution in [3.8, 4) is 11.5 Å². The van der Waals surface area contributed by atoms with Gasteiger partial charge < -0.3 is 19.8 Å². The summed E-state index contributed by atoms with van der Waals surface area (Å²) in [5.74, 6) is 0.511. The second kappa shape index (κ2) is 7.49. The summed E-state index contributed by atoms with van der Waals surface area (Å²) in [6.07, 6.45) is 0. The number of ether oxygens (including phenoxy) is 1. The number of aromatic amines is 2. The number of benzene rings is 3. The third kappa shape index (κ3) is 3.06. The molecule has 3 aromatic carbocycles. The molecule has 0 spiro atoms. The minimum absolute atomic E-state index is 0.147. The quantitative estimate of drug-likeness (QED) is 0.279. The molecule has 0 saturated heterocycles. The zero-order valence-corrected chi connectivity index (χ0v) is 19.1. The van der Waals surface area contributed by atoms with Crippen LogP contribution in [0.4, 0.5) is 0 Å². The van der Waals surface area contributed by atoms with E-state index in [0.717, 1.165) is 27.7 Å². The van der Waals surface area contributed by atoms with Gasteiger partial charge in [-0.15, -0.1) is 0 Å². The fourth-order valence-corrected chi connectivity index (χ4v) is 4.83. The molecule has 2 aromatic heterocycles. The van der Waals surface area contributed by atoms with Gasteiger partial charge in [0.05, 0.1) is 7.11 Å². The van der Waals surface area contributed by atoms with Gasteiger partial charge in [-0.2, -0.15) is 0 Å². The Balaban J connectivity index is 1.76. The third-order valence-electron chi connectivity index (χ3n) is 6.89. The average molecular weight is 425 g/mol. The van der Waals surface area contributed by atoms with Crippen LogP contribution < -0.4 is 4.74 Å². The van der Waals surface area contributed by atoms with Crippen LogP contribution >= 0.6 is 0 Å². The number of fused-ring (bicyclic) bond motifs is 2. The Labute approximate surface area is 187 Å². The van der Waals surface area contributed by atoms with Crippen molar-refractivity contribution in [2.75, 3.05) is 7.11 Å². The van der Waals surface area contributed by atoms with E-state index in [9.17, 15) is 5.11 Å². The maximum atomic E-state index is 11.1. The topological polar surface area (TPSA) is 61.0 Å². The number of aryl methyl sites for hydroxylation is 4. The largest absolute Gasteiger partial charge is 0.504 e. The normalized spacial score (nSPS) is 11.7. The van der Waals surface area contributed by atoms with Gasteiger partial charge in [0, 0.05) is 44.7 Å². The molecular weight excluding hydrogens is 396 g/mol. The molecule has 162 valence electrons. The average Bonchev–Trinajstić information content (AvgIpc) is 3.23. The molecule has 4 nitrogen and oxygen atoms in total.